The summed E-state index contributed by atoms with van der Waals surface area (Å²) < 4.78 is 78.0. The van der Waals surface area contributed by atoms with Gasteiger partial charge in [0.25, 0.3) is 0 Å². The van der Waals surface area contributed by atoms with Crippen molar-refractivity contribution in [3.05, 3.63) is 0 Å². The van der Waals surface area contributed by atoms with E-state index in [-0.39, 0.29) is 31.0 Å². The first-order chi connectivity index (χ1) is 6.64. The molecule has 0 unspecified atom stereocenters. The molecule has 0 spiro atoms. The molecule has 0 rings (SSSR count). The number of aliphatic carboxylic acids is 2. The summed E-state index contributed by atoms with van der Waals surface area (Å²) >= 11 is 0. The molecule has 100 valence electrons. The van der Waals surface area contributed by atoms with Gasteiger partial charge in [-0.3, -0.25) is 0 Å². The third kappa shape index (κ3) is 230. The summed E-state index contributed by atoms with van der Waals surface area (Å²) in [5.74, 6) is -3.65. The molecule has 0 aliphatic heterocycles. The second kappa shape index (κ2) is 10.7. The molecule has 0 saturated heterocycles. The summed E-state index contributed by atoms with van der Waals surface area (Å²) in [5, 5.41) is 14.8. The summed E-state index contributed by atoms with van der Waals surface area (Å²) in [6, 6.07) is 0. The van der Waals surface area contributed by atoms with E-state index in [0.29, 0.717) is 0 Å². The second-order valence-electron chi connectivity index (χ2n) is 1.60. The monoisotopic (exact) mass is 288 g/mol. The van der Waals surface area contributed by atoms with E-state index in [1.807, 2.05) is 0 Å². The SMILES string of the molecule is F[B-](F)(F)F.F[B-](F)(F)F.O=C(O)C(=O)O.[H-].[Na+]. The van der Waals surface area contributed by atoms with Gasteiger partial charge in [0, 0.05) is 0 Å². The van der Waals surface area contributed by atoms with E-state index in [0.717, 1.165) is 0 Å². The Morgan fingerprint density at radius 1 is 0.706 bits per heavy atom. The quantitative estimate of drug-likeness (QED) is 0.336. The van der Waals surface area contributed by atoms with Gasteiger partial charge in [-0.25, -0.2) is 9.59 Å². The molecule has 17 heavy (non-hydrogen) atoms. The number of carboxylic acids is 2. The minimum Gasteiger partial charge on any atom is -1.00 e. The fraction of sp³-hybridized carbons (Fsp3) is 0. The van der Waals surface area contributed by atoms with Crippen LogP contribution in [0.1, 0.15) is 1.43 Å². The standard InChI is InChI=1S/C2H2O4.2BF4.Na.H/c3-1(4)2(5)6;2*2-1(3,4)5;;/h(H,3,4)(H,5,6);;;;/q;2*-1;+1;-1. The zero-order valence-electron chi connectivity index (χ0n) is 8.89. The molecule has 0 radical (unpaired) electrons. The van der Waals surface area contributed by atoms with Gasteiger partial charge in [-0.05, 0) is 0 Å². The molecule has 15 heteroatoms. The number of carboxylic acid groups (broad SMARTS) is 2. The summed E-state index contributed by atoms with van der Waals surface area (Å²) in [6.45, 7) is 0. The maximum absolute atomic E-state index is 9.75. The van der Waals surface area contributed by atoms with E-state index >= 15 is 0 Å². The van der Waals surface area contributed by atoms with Gasteiger partial charge >= 0.3 is 56.0 Å². The molecule has 0 atom stereocenters. The number of halogens is 8. The van der Waals surface area contributed by atoms with Crippen LogP contribution in [0, 0.1) is 0 Å². The van der Waals surface area contributed by atoms with Crippen LogP contribution >= 0.6 is 0 Å². The van der Waals surface area contributed by atoms with Crippen LogP contribution in [0.5, 0.6) is 0 Å². The minimum atomic E-state index is -6.00. The molecular formula is C2H3B2F8NaO4-2. The van der Waals surface area contributed by atoms with Crippen LogP contribution < -0.4 is 29.6 Å². The Kier molecular flexibility index (Phi) is 15.9. The van der Waals surface area contributed by atoms with Crippen LogP contribution in [0.4, 0.5) is 34.5 Å². The van der Waals surface area contributed by atoms with Crippen LogP contribution in [-0.4, -0.2) is 36.7 Å². The van der Waals surface area contributed by atoms with Crippen LogP contribution in [0.25, 0.3) is 0 Å². The number of carbonyl (C=O) groups is 2. The van der Waals surface area contributed by atoms with E-state index in [2.05, 4.69) is 0 Å². The van der Waals surface area contributed by atoms with Gasteiger partial charge in [0.15, 0.2) is 0 Å². The smallest absolute Gasteiger partial charge is 1.00 e. The van der Waals surface area contributed by atoms with E-state index in [9.17, 15) is 34.5 Å². The van der Waals surface area contributed by atoms with Crippen molar-refractivity contribution < 1.29 is 85.3 Å². The average Bonchev–Trinajstić information content (AvgIpc) is 1.77. The van der Waals surface area contributed by atoms with E-state index in [1.54, 1.807) is 0 Å². The van der Waals surface area contributed by atoms with Crippen LogP contribution in [0.3, 0.4) is 0 Å². The van der Waals surface area contributed by atoms with Crippen LogP contribution in [0.15, 0.2) is 0 Å². The van der Waals surface area contributed by atoms with Gasteiger partial charge in [-0.1, -0.05) is 0 Å². The molecule has 0 amide bonds. The number of hydrogen-bond donors (Lipinski definition) is 2. The molecule has 0 fully saturated rings. The molecule has 2 N–H and O–H groups in total. The third-order valence-electron chi connectivity index (χ3n) is 0.183. The summed E-state index contributed by atoms with van der Waals surface area (Å²) in [6.07, 6.45) is 0. The molecule has 0 aliphatic carbocycles. The maximum atomic E-state index is 9.75. The van der Waals surface area contributed by atoms with Crippen molar-refractivity contribution in [1.29, 1.82) is 0 Å². The predicted octanol–water partition coefficient (Wildman–Crippen LogP) is -1.13. The molecule has 0 aromatic carbocycles. The zero-order valence-corrected chi connectivity index (χ0v) is 9.89. The Balaban J connectivity index is -0.0000000447. The molecule has 0 aromatic rings. The molecule has 0 heterocycles. The van der Waals surface area contributed by atoms with Crippen molar-refractivity contribution in [2.75, 3.05) is 0 Å². The molecule has 0 aliphatic rings. The normalized spacial score (nSPS) is 9.65. The zero-order chi connectivity index (χ0) is 14.2. The fourth-order valence-corrected chi connectivity index (χ4v) is 0. The van der Waals surface area contributed by atoms with Crippen LogP contribution in [0.2, 0.25) is 0 Å². The van der Waals surface area contributed by atoms with Crippen molar-refractivity contribution in [2.24, 2.45) is 0 Å². The van der Waals surface area contributed by atoms with Gasteiger partial charge in [0.1, 0.15) is 0 Å². The molecule has 4 nitrogen and oxygen atoms in total. The van der Waals surface area contributed by atoms with Crippen molar-refractivity contribution in [1.82, 2.24) is 0 Å². The van der Waals surface area contributed by atoms with E-state index < -0.39 is 26.4 Å². The Labute approximate surface area is 112 Å². The molecular weight excluding hydrogens is 285 g/mol. The number of rotatable bonds is 0. The van der Waals surface area contributed by atoms with Crippen LogP contribution in [-0.2, 0) is 9.59 Å². The Bertz CT molecular complexity index is 196. The Hall–Kier alpha value is -0.490. The van der Waals surface area contributed by atoms with Crippen molar-refractivity contribution in [2.45, 2.75) is 0 Å². The van der Waals surface area contributed by atoms with Gasteiger partial charge in [-0.2, -0.15) is 0 Å². The molecule has 0 saturated carbocycles. The topological polar surface area (TPSA) is 74.6 Å². The first-order valence-electron chi connectivity index (χ1n) is 2.85. The second-order valence-corrected chi connectivity index (χ2v) is 1.60. The fourth-order valence-electron chi connectivity index (χ4n) is 0. The predicted molar refractivity (Wildman–Crippen MR) is 36.8 cm³/mol. The van der Waals surface area contributed by atoms with Crippen molar-refractivity contribution in [3.63, 3.8) is 0 Å². The average molecular weight is 288 g/mol. The summed E-state index contributed by atoms with van der Waals surface area (Å²) in [4.78, 5) is 18.2. The summed E-state index contributed by atoms with van der Waals surface area (Å²) in [7, 11) is -12.0. The number of hydrogen-bond acceptors (Lipinski definition) is 2. The first kappa shape index (κ1) is 25.4. The largest absolute Gasteiger partial charge is 1.00 e. The van der Waals surface area contributed by atoms with Gasteiger partial charge in [0.2, 0.25) is 0 Å². The first-order valence-corrected chi connectivity index (χ1v) is 2.85. The van der Waals surface area contributed by atoms with Gasteiger partial charge in [0.05, 0.1) is 0 Å². The Morgan fingerprint density at radius 3 is 0.765 bits per heavy atom. The molecule has 0 aromatic heterocycles. The third-order valence-corrected chi connectivity index (χ3v) is 0.183. The van der Waals surface area contributed by atoms with Gasteiger partial charge < -0.3 is 46.2 Å². The van der Waals surface area contributed by atoms with E-state index in [1.165, 1.54) is 0 Å². The minimum absolute atomic E-state index is 0. The van der Waals surface area contributed by atoms with Crippen molar-refractivity contribution >= 4 is 26.4 Å². The van der Waals surface area contributed by atoms with E-state index in [4.69, 9.17) is 19.8 Å². The maximum Gasteiger partial charge on any atom is 1.00 e. The van der Waals surface area contributed by atoms with Crippen molar-refractivity contribution in [3.8, 4) is 0 Å². The Morgan fingerprint density at radius 2 is 0.765 bits per heavy atom. The van der Waals surface area contributed by atoms with Gasteiger partial charge in [-0.15, -0.1) is 0 Å². The summed E-state index contributed by atoms with van der Waals surface area (Å²) in [5.41, 5.74) is 0. The molecule has 0 bridgehead atoms.